The van der Waals surface area contributed by atoms with Crippen LogP contribution in [0.1, 0.15) is 19.8 Å². The summed E-state index contributed by atoms with van der Waals surface area (Å²) >= 11 is 0. The van der Waals surface area contributed by atoms with E-state index in [1.807, 2.05) is 16.9 Å². The molecular formula is C11H17N3O. The number of nitrogens with one attached hydrogen (secondary N) is 1. The van der Waals surface area contributed by atoms with Crippen molar-refractivity contribution in [2.75, 3.05) is 6.54 Å². The zero-order valence-corrected chi connectivity index (χ0v) is 9.02. The summed E-state index contributed by atoms with van der Waals surface area (Å²) in [4.78, 5) is 11.4. The number of hydrogen-bond donors (Lipinski definition) is 1. The molecule has 0 spiro atoms. The zero-order chi connectivity index (χ0) is 10.7. The van der Waals surface area contributed by atoms with Crippen LogP contribution in [0.3, 0.4) is 0 Å². The molecule has 4 nitrogen and oxygen atoms in total. The van der Waals surface area contributed by atoms with Crippen LogP contribution in [0.2, 0.25) is 0 Å². The molecule has 1 amide bonds. The topological polar surface area (TPSA) is 46.9 Å². The fourth-order valence-corrected chi connectivity index (χ4v) is 1.70. The van der Waals surface area contributed by atoms with Gasteiger partial charge in [-0.3, -0.25) is 9.48 Å². The van der Waals surface area contributed by atoms with E-state index < -0.39 is 0 Å². The van der Waals surface area contributed by atoms with E-state index in [1.165, 1.54) is 0 Å². The molecule has 82 valence electrons. The van der Waals surface area contributed by atoms with Crippen LogP contribution in [0.15, 0.2) is 18.5 Å². The standard InChI is InChI=1S/C11H17N3O/c1-9-8-10(9)11(15)12-4-2-6-14-7-3-5-13-14/h3,5,7,9-10H,2,4,6,8H2,1H3,(H,12,15)/t9-,10-/m1/s1. The van der Waals surface area contributed by atoms with Gasteiger partial charge in [0.25, 0.3) is 0 Å². The molecule has 1 aliphatic carbocycles. The van der Waals surface area contributed by atoms with Gasteiger partial charge in [0.2, 0.25) is 5.91 Å². The van der Waals surface area contributed by atoms with Crippen LogP contribution in [-0.4, -0.2) is 22.2 Å². The third kappa shape index (κ3) is 2.81. The number of nitrogens with zero attached hydrogens (tertiary/aromatic N) is 2. The molecule has 1 fully saturated rings. The minimum atomic E-state index is 0.225. The van der Waals surface area contributed by atoms with E-state index in [0.29, 0.717) is 5.92 Å². The number of hydrogen-bond acceptors (Lipinski definition) is 2. The molecule has 1 saturated carbocycles. The molecule has 0 radical (unpaired) electrons. The molecule has 2 rings (SSSR count). The highest BCUT2D eigenvalue weighted by atomic mass is 16.2. The monoisotopic (exact) mass is 207 g/mol. The molecular weight excluding hydrogens is 190 g/mol. The molecule has 1 aromatic heterocycles. The van der Waals surface area contributed by atoms with Gasteiger partial charge in [-0.05, 0) is 24.8 Å². The molecule has 1 heterocycles. The van der Waals surface area contributed by atoms with Gasteiger partial charge in [0.1, 0.15) is 0 Å². The summed E-state index contributed by atoms with van der Waals surface area (Å²) in [6.07, 6.45) is 5.70. The minimum Gasteiger partial charge on any atom is -0.356 e. The molecule has 0 aromatic carbocycles. The molecule has 15 heavy (non-hydrogen) atoms. The lowest BCUT2D eigenvalue weighted by molar-refractivity contribution is -0.122. The van der Waals surface area contributed by atoms with E-state index in [2.05, 4.69) is 17.3 Å². The average molecular weight is 207 g/mol. The Morgan fingerprint density at radius 3 is 3.07 bits per heavy atom. The first-order chi connectivity index (χ1) is 7.27. The maximum Gasteiger partial charge on any atom is 0.223 e. The van der Waals surface area contributed by atoms with E-state index in [1.54, 1.807) is 6.20 Å². The lowest BCUT2D eigenvalue weighted by atomic mass is 10.3. The quantitative estimate of drug-likeness (QED) is 0.733. The Morgan fingerprint density at radius 2 is 2.47 bits per heavy atom. The van der Waals surface area contributed by atoms with E-state index in [9.17, 15) is 4.79 Å². The summed E-state index contributed by atoms with van der Waals surface area (Å²) in [5.41, 5.74) is 0. The van der Waals surface area contributed by atoms with Gasteiger partial charge in [-0.2, -0.15) is 5.10 Å². The van der Waals surface area contributed by atoms with Crippen LogP contribution in [0.25, 0.3) is 0 Å². The largest absolute Gasteiger partial charge is 0.356 e. The molecule has 2 atom stereocenters. The summed E-state index contributed by atoms with van der Waals surface area (Å²) in [5, 5.41) is 7.05. The molecule has 0 unspecified atom stereocenters. The molecule has 0 saturated heterocycles. The van der Waals surface area contributed by atoms with Gasteiger partial charge in [-0.15, -0.1) is 0 Å². The number of carbonyl (C=O) groups is 1. The van der Waals surface area contributed by atoms with E-state index in [-0.39, 0.29) is 11.8 Å². The molecule has 0 aliphatic heterocycles. The van der Waals surface area contributed by atoms with Gasteiger partial charge >= 0.3 is 0 Å². The van der Waals surface area contributed by atoms with E-state index in [4.69, 9.17) is 0 Å². The van der Waals surface area contributed by atoms with Crippen molar-refractivity contribution in [3.63, 3.8) is 0 Å². The third-order valence-electron chi connectivity index (χ3n) is 2.87. The van der Waals surface area contributed by atoms with Gasteiger partial charge in [0, 0.05) is 31.4 Å². The highest BCUT2D eigenvalue weighted by molar-refractivity contribution is 5.81. The molecule has 1 aromatic rings. The highest BCUT2D eigenvalue weighted by Crippen LogP contribution is 2.37. The van der Waals surface area contributed by atoms with Crippen molar-refractivity contribution in [2.45, 2.75) is 26.3 Å². The van der Waals surface area contributed by atoms with Gasteiger partial charge in [0.15, 0.2) is 0 Å². The maximum atomic E-state index is 11.4. The van der Waals surface area contributed by atoms with Crippen molar-refractivity contribution in [1.29, 1.82) is 0 Å². The van der Waals surface area contributed by atoms with Crippen molar-refractivity contribution in [1.82, 2.24) is 15.1 Å². The van der Waals surface area contributed by atoms with Crippen LogP contribution in [0.4, 0.5) is 0 Å². The molecule has 1 aliphatic rings. The van der Waals surface area contributed by atoms with Gasteiger partial charge < -0.3 is 5.32 Å². The molecule has 0 bridgehead atoms. The Balaban J connectivity index is 1.57. The number of rotatable bonds is 5. The van der Waals surface area contributed by atoms with Crippen molar-refractivity contribution < 1.29 is 4.79 Å². The summed E-state index contributed by atoms with van der Waals surface area (Å²) in [7, 11) is 0. The average Bonchev–Trinajstić information content (AvgIpc) is 2.77. The summed E-state index contributed by atoms with van der Waals surface area (Å²) < 4.78 is 1.88. The van der Waals surface area contributed by atoms with Crippen LogP contribution >= 0.6 is 0 Å². The van der Waals surface area contributed by atoms with Gasteiger partial charge in [-0.1, -0.05) is 6.92 Å². The second-order valence-electron chi connectivity index (χ2n) is 4.23. The minimum absolute atomic E-state index is 0.225. The third-order valence-corrected chi connectivity index (χ3v) is 2.87. The normalized spacial score (nSPS) is 23.8. The molecule has 4 heteroatoms. The van der Waals surface area contributed by atoms with Crippen molar-refractivity contribution in [3.8, 4) is 0 Å². The first kappa shape index (κ1) is 10.2. The molecule has 1 N–H and O–H groups in total. The number of amides is 1. The van der Waals surface area contributed by atoms with Crippen LogP contribution in [-0.2, 0) is 11.3 Å². The van der Waals surface area contributed by atoms with Crippen LogP contribution in [0.5, 0.6) is 0 Å². The van der Waals surface area contributed by atoms with E-state index >= 15 is 0 Å². The van der Waals surface area contributed by atoms with Crippen LogP contribution in [0, 0.1) is 11.8 Å². The Bertz CT molecular complexity index is 321. The van der Waals surface area contributed by atoms with Gasteiger partial charge in [-0.25, -0.2) is 0 Å². The fourth-order valence-electron chi connectivity index (χ4n) is 1.70. The number of carbonyl (C=O) groups excluding carboxylic acids is 1. The first-order valence-electron chi connectivity index (χ1n) is 5.52. The Morgan fingerprint density at radius 1 is 1.67 bits per heavy atom. The van der Waals surface area contributed by atoms with E-state index in [0.717, 1.165) is 25.9 Å². The second-order valence-corrected chi connectivity index (χ2v) is 4.23. The number of aromatic nitrogens is 2. The Hall–Kier alpha value is -1.32. The first-order valence-corrected chi connectivity index (χ1v) is 5.52. The van der Waals surface area contributed by atoms with Crippen LogP contribution < -0.4 is 5.32 Å². The van der Waals surface area contributed by atoms with Gasteiger partial charge in [0.05, 0.1) is 0 Å². The van der Waals surface area contributed by atoms with Crippen molar-refractivity contribution in [3.05, 3.63) is 18.5 Å². The second kappa shape index (κ2) is 4.47. The SMILES string of the molecule is C[C@@H]1C[C@H]1C(=O)NCCCn1cccn1. The number of aryl methyl sites for hydroxylation is 1. The lowest BCUT2D eigenvalue weighted by Gasteiger charge is -2.04. The zero-order valence-electron chi connectivity index (χ0n) is 9.02. The Labute approximate surface area is 89.7 Å². The predicted octanol–water partition coefficient (Wildman–Crippen LogP) is 1.05. The Kier molecular flexibility index (Phi) is 3.04. The lowest BCUT2D eigenvalue weighted by Crippen LogP contribution is -2.27. The maximum absolute atomic E-state index is 11.4. The summed E-state index contributed by atoms with van der Waals surface area (Å²) in [6.45, 7) is 3.74. The smallest absolute Gasteiger partial charge is 0.223 e. The highest BCUT2D eigenvalue weighted by Gasteiger charge is 2.38. The fraction of sp³-hybridized carbons (Fsp3) is 0.636. The summed E-state index contributed by atoms with van der Waals surface area (Å²) in [6, 6.07) is 1.91. The summed E-state index contributed by atoms with van der Waals surface area (Å²) in [5.74, 6) is 1.11. The predicted molar refractivity (Wildman–Crippen MR) is 57.1 cm³/mol. The van der Waals surface area contributed by atoms with Crippen molar-refractivity contribution >= 4 is 5.91 Å². The van der Waals surface area contributed by atoms with Crippen molar-refractivity contribution in [2.24, 2.45) is 11.8 Å².